The van der Waals surface area contributed by atoms with Gasteiger partial charge in [0.15, 0.2) is 0 Å². The van der Waals surface area contributed by atoms with Crippen LogP contribution < -0.4 is 5.32 Å². The lowest BCUT2D eigenvalue weighted by atomic mass is 9.59. The number of rotatable bonds is 3. The Kier molecular flexibility index (Phi) is 3.99. The highest BCUT2D eigenvalue weighted by Gasteiger charge is 2.68. The van der Waals surface area contributed by atoms with E-state index in [9.17, 15) is 4.79 Å². The van der Waals surface area contributed by atoms with E-state index in [1.54, 1.807) is 6.92 Å². The van der Waals surface area contributed by atoms with Crippen LogP contribution in [0.3, 0.4) is 0 Å². The molecule has 1 aromatic carbocycles. The van der Waals surface area contributed by atoms with Crippen LogP contribution in [0.2, 0.25) is 0 Å². The van der Waals surface area contributed by atoms with Crippen molar-refractivity contribution in [2.24, 2.45) is 22.7 Å². The first kappa shape index (κ1) is 17.1. The van der Waals surface area contributed by atoms with E-state index in [1.165, 1.54) is 24.0 Å². The molecule has 3 fully saturated rings. The second kappa shape index (κ2) is 5.84. The highest BCUT2D eigenvalue weighted by molar-refractivity contribution is 5.73. The fourth-order valence-corrected chi connectivity index (χ4v) is 6.26. The molecule has 2 bridgehead atoms. The molecule has 3 heteroatoms. The molecule has 2 saturated carbocycles. The van der Waals surface area contributed by atoms with Crippen LogP contribution in [0.25, 0.3) is 0 Å². The Labute approximate surface area is 151 Å². The highest BCUT2D eigenvalue weighted by Crippen LogP contribution is 2.70. The van der Waals surface area contributed by atoms with Crippen molar-refractivity contribution in [3.05, 3.63) is 35.4 Å². The second-order valence-corrected chi connectivity index (χ2v) is 9.07. The van der Waals surface area contributed by atoms with E-state index in [0.29, 0.717) is 11.8 Å². The molecule has 1 amide bonds. The molecule has 3 nitrogen and oxygen atoms in total. The molecule has 4 rings (SSSR count). The van der Waals surface area contributed by atoms with Crippen molar-refractivity contribution < 1.29 is 9.53 Å². The third-order valence-electron chi connectivity index (χ3n) is 7.57. The normalized spacial score (nSPS) is 38.4. The minimum Gasteiger partial charge on any atom is -0.373 e. The number of carbonyl (C=O) groups excluding carboxylic acids is 1. The number of nitrogens with one attached hydrogen (secondary N) is 1. The topological polar surface area (TPSA) is 38.3 Å². The van der Waals surface area contributed by atoms with Gasteiger partial charge in [-0.1, -0.05) is 45.0 Å². The molecule has 1 heterocycles. The summed E-state index contributed by atoms with van der Waals surface area (Å²) in [6.07, 6.45) is 4.79. The van der Waals surface area contributed by atoms with Crippen LogP contribution >= 0.6 is 0 Å². The Balaban J connectivity index is 1.68. The zero-order valence-electron chi connectivity index (χ0n) is 16.0. The average Bonchev–Trinajstić information content (AvgIpc) is 3.07. The van der Waals surface area contributed by atoms with Gasteiger partial charge in [-0.25, -0.2) is 0 Å². The van der Waals surface area contributed by atoms with Crippen LogP contribution in [-0.2, 0) is 16.0 Å². The molecule has 1 unspecified atom stereocenters. The molecule has 25 heavy (non-hydrogen) atoms. The van der Waals surface area contributed by atoms with Gasteiger partial charge in [0, 0.05) is 19.6 Å². The molecule has 0 aromatic heterocycles. The standard InChI is InChI=1S/C22H31NO2/c1-5-15-6-8-16(9-7-15)19-18-12-17-13-22(18,10-11-25-19)20(21(17,3)4)23-14(2)24/h6-9,17-20H,5,10-13H2,1-4H3,(H,23,24)/t17-,18-,19-,20+,22?/m1/s1. The third-order valence-corrected chi connectivity index (χ3v) is 7.57. The summed E-state index contributed by atoms with van der Waals surface area (Å²) < 4.78 is 6.31. The van der Waals surface area contributed by atoms with Crippen LogP contribution in [0, 0.1) is 22.7 Å². The first-order valence-electron chi connectivity index (χ1n) is 9.86. The van der Waals surface area contributed by atoms with Crippen LogP contribution in [0.15, 0.2) is 24.3 Å². The Hall–Kier alpha value is -1.35. The van der Waals surface area contributed by atoms with E-state index in [0.717, 1.165) is 19.4 Å². The summed E-state index contributed by atoms with van der Waals surface area (Å²) in [5.74, 6) is 1.30. The first-order valence-corrected chi connectivity index (χ1v) is 9.86. The quantitative estimate of drug-likeness (QED) is 0.892. The van der Waals surface area contributed by atoms with Crippen molar-refractivity contribution >= 4 is 5.91 Å². The fourth-order valence-electron chi connectivity index (χ4n) is 6.26. The van der Waals surface area contributed by atoms with Crippen molar-refractivity contribution in [1.29, 1.82) is 0 Å². The van der Waals surface area contributed by atoms with Crippen molar-refractivity contribution in [2.45, 2.75) is 65.5 Å². The van der Waals surface area contributed by atoms with Gasteiger partial charge in [-0.3, -0.25) is 4.79 Å². The zero-order valence-corrected chi connectivity index (χ0v) is 16.0. The summed E-state index contributed by atoms with van der Waals surface area (Å²) in [4.78, 5) is 11.9. The molecule has 5 atom stereocenters. The minimum absolute atomic E-state index is 0.106. The Morgan fingerprint density at radius 3 is 2.64 bits per heavy atom. The summed E-state index contributed by atoms with van der Waals surface area (Å²) in [6.45, 7) is 9.36. The number of ether oxygens (including phenoxy) is 1. The summed E-state index contributed by atoms with van der Waals surface area (Å²) in [5, 5.41) is 3.35. The monoisotopic (exact) mass is 341 g/mol. The molecule has 1 spiro atoms. The van der Waals surface area contributed by atoms with Crippen LogP contribution in [0.1, 0.15) is 64.2 Å². The molecule has 0 radical (unpaired) electrons. The second-order valence-electron chi connectivity index (χ2n) is 9.07. The number of fused-ring (bicyclic) bond motifs is 1. The maximum Gasteiger partial charge on any atom is 0.217 e. The van der Waals surface area contributed by atoms with Crippen molar-refractivity contribution in [1.82, 2.24) is 5.32 Å². The summed E-state index contributed by atoms with van der Waals surface area (Å²) in [6, 6.07) is 9.26. The molecule has 3 aliphatic rings. The average molecular weight is 341 g/mol. The number of benzene rings is 1. The number of carbonyl (C=O) groups is 1. The van der Waals surface area contributed by atoms with Crippen LogP contribution in [0.4, 0.5) is 0 Å². The lowest BCUT2D eigenvalue weighted by Gasteiger charge is -2.53. The fraction of sp³-hybridized carbons (Fsp3) is 0.682. The molecular formula is C22H31NO2. The maximum absolute atomic E-state index is 11.9. The minimum atomic E-state index is 0.106. The molecule has 136 valence electrons. The highest BCUT2D eigenvalue weighted by atomic mass is 16.5. The van der Waals surface area contributed by atoms with Gasteiger partial charge in [0.05, 0.1) is 6.10 Å². The number of aryl methyl sites for hydroxylation is 1. The molecule has 1 aromatic rings. The summed E-state index contributed by atoms with van der Waals surface area (Å²) >= 11 is 0. The Morgan fingerprint density at radius 2 is 2.00 bits per heavy atom. The van der Waals surface area contributed by atoms with E-state index in [2.05, 4.69) is 50.4 Å². The molecule has 2 aliphatic carbocycles. The third kappa shape index (κ3) is 2.46. The number of amides is 1. The van der Waals surface area contributed by atoms with Gasteiger partial charge in [-0.05, 0) is 59.5 Å². The van der Waals surface area contributed by atoms with Gasteiger partial charge in [0.1, 0.15) is 0 Å². The van der Waals surface area contributed by atoms with Crippen molar-refractivity contribution in [3.8, 4) is 0 Å². The van der Waals surface area contributed by atoms with Gasteiger partial charge in [-0.2, -0.15) is 0 Å². The van der Waals surface area contributed by atoms with E-state index in [-0.39, 0.29) is 28.9 Å². The maximum atomic E-state index is 11.9. The van der Waals surface area contributed by atoms with E-state index < -0.39 is 0 Å². The Morgan fingerprint density at radius 1 is 1.28 bits per heavy atom. The lowest BCUT2D eigenvalue weighted by Crippen LogP contribution is -2.58. The van der Waals surface area contributed by atoms with Crippen molar-refractivity contribution in [2.75, 3.05) is 6.61 Å². The van der Waals surface area contributed by atoms with Crippen molar-refractivity contribution in [3.63, 3.8) is 0 Å². The van der Waals surface area contributed by atoms with Gasteiger partial charge >= 0.3 is 0 Å². The van der Waals surface area contributed by atoms with E-state index >= 15 is 0 Å². The SMILES string of the molecule is CCc1ccc([C@H]2OCCC34C[C@@H](C[C@H]23)C(C)(C)[C@@H]4NC(C)=O)cc1. The molecule has 1 aliphatic heterocycles. The summed E-state index contributed by atoms with van der Waals surface area (Å²) in [7, 11) is 0. The lowest BCUT2D eigenvalue weighted by molar-refractivity contribution is -0.135. The molecule has 1 saturated heterocycles. The predicted octanol–water partition coefficient (Wildman–Crippen LogP) is 4.27. The zero-order chi connectivity index (χ0) is 17.8. The Bertz CT molecular complexity index is 665. The van der Waals surface area contributed by atoms with E-state index in [1.807, 2.05) is 0 Å². The van der Waals surface area contributed by atoms with Crippen LogP contribution in [-0.4, -0.2) is 18.6 Å². The summed E-state index contributed by atoms with van der Waals surface area (Å²) in [5.41, 5.74) is 3.06. The number of hydrogen-bond acceptors (Lipinski definition) is 2. The largest absolute Gasteiger partial charge is 0.373 e. The smallest absolute Gasteiger partial charge is 0.217 e. The molecular weight excluding hydrogens is 310 g/mol. The van der Waals surface area contributed by atoms with Gasteiger partial charge < -0.3 is 10.1 Å². The first-order chi connectivity index (χ1) is 11.9. The van der Waals surface area contributed by atoms with Gasteiger partial charge in [0.25, 0.3) is 0 Å². The predicted molar refractivity (Wildman–Crippen MR) is 99.2 cm³/mol. The van der Waals surface area contributed by atoms with Gasteiger partial charge in [-0.15, -0.1) is 0 Å². The number of hydrogen-bond donors (Lipinski definition) is 1. The van der Waals surface area contributed by atoms with Gasteiger partial charge in [0.2, 0.25) is 5.91 Å². The van der Waals surface area contributed by atoms with Crippen LogP contribution in [0.5, 0.6) is 0 Å². The van der Waals surface area contributed by atoms with E-state index in [4.69, 9.17) is 4.74 Å². The molecule has 1 N–H and O–H groups in total.